The number of hydrogen-bond acceptors (Lipinski definition) is 5. The summed E-state index contributed by atoms with van der Waals surface area (Å²) in [5.74, 6) is -1.08. The summed E-state index contributed by atoms with van der Waals surface area (Å²) in [6.45, 7) is 1.55. The summed E-state index contributed by atoms with van der Waals surface area (Å²) in [4.78, 5) is 19.9. The molecule has 31 heavy (non-hydrogen) atoms. The summed E-state index contributed by atoms with van der Waals surface area (Å²) in [6, 6.07) is 4.77. The number of rotatable bonds is 5. The Labute approximate surface area is 183 Å². The Bertz CT molecular complexity index is 1070. The van der Waals surface area contributed by atoms with Gasteiger partial charge >= 0.3 is 6.18 Å². The summed E-state index contributed by atoms with van der Waals surface area (Å²) in [7, 11) is 0. The SMILES string of the molecule is CC(NC(=S)Nc1ccc(NC(=O)c2cscn2)nc1)c1cc(F)cc(C(F)(F)F)c1. The topological polar surface area (TPSA) is 78.9 Å². The van der Waals surface area contributed by atoms with Gasteiger partial charge in [-0.1, -0.05) is 0 Å². The summed E-state index contributed by atoms with van der Waals surface area (Å²) >= 11 is 6.46. The van der Waals surface area contributed by atoms with Crippen molar-refractivity contribution >= 4 is 46.1 Å². The second-order valence-corrected chi connectivity index (χ2v) is 7.48. The molecular weight excluding hydrogens is 454 g/mol. The number of thiocarbonyl (C=S) groups is 1. The Kier molecular flexibility index (Phi) is 6.81. The van der Waals surface area contributed by atoms with Crippen LogP contribution in [0.4, 0.5) is 29.1 Å². The van der Waals surface area contributed by atoms with Crippen molar-refractivity contribution in [3.63, 3.8) is 0 Å². The summed E-state index contributed by atoms with van der Waals surface area (Å²) in [5, 5.41) is 9.93. The molecule has 0 aliphatic rings. The third-order valence-corrected chi connectivity index (χ3v) is 4.83. The Morgan fingerprint density at radius 3 is 2.55 bits per heavy atom. The Hall–Kier alpha value is -3.12. The first-order valence-electron chi connectivity index (χ1n) is 8.72. The zero-order valence-electron chi connectivity index (χ0n) is 15.8. The van der Waals surface area contributed by atoms with E-state index in [9.17, 15) is 22.4 Å². The molecule has 2 heterocycles. The lowest BCUT2D eigenvalue weighted by Gasteiger charge is -2.19. The van der Waals surface area contributed by atoms with Crippen molar-refractivity contribution in [3.05, 3.63) is 70.1 Å². The minimum atomic E-state index is -4.66. The normalized spacial score (nSPS) is 12.2. The summed E-state index contributed by atoms with van der Waals surface area (Å²) in [5.41, 5.74) is 1.31. The molecule has 0 fully saturated rings. The fraction of sp³-hybridized carbons (Fsp3) is 0.158. The van der Waals surface area contributed by atoms with Crippen LogP contribution in [0, 0.1) is 5.82 Å². The molecule has 1 unspecified atom stereocenters. The highest BCUT2D eigenvalue weighted by Gasteiger charge is 2.31. The van der Waals surface area contributed by atoms with Crippen LogP contribution in [0.2, 0.25) is 0 Å². The van der Waals surface area contributed by atoms with Gasteiger partial charge < -0.3 is 16.0 Å². The number of amides is 1. The largest absolute Gasteiger partial charge is 0.416 e. The number of hydrogen-bond donors (Lipinski definition) is 3. The summed E-state index contributed by atoms with van der Waals surface area (Å²) in [6.07, 6.45) is -3.24. The Morgan fingerprint density at radius 2 is 1.94 bits per heavy atom. The molecule has 1 amide bonds. The van der Waals surface area contributed by atoms with Crippen LogP contribution in [-0.2, 0) is 6.18 Å². The van der Waals surface area contributed by atoms with Gasteiger partial charge in [-0.25, -0.2) is 14.4 Å². The van der Waals surface area contributed by atoms with Crippen LogP contribution in [0.25, 0.3) is 0 Å². The third-order valence-electron chi connectivity index (χ3n) is 4.02. The molecule has 0 saturated heterocycles. The van der Waals surface area contributed by atoms with E-state index in [1.807, 2.05) is 0 Å². The molecule has 0 aliphatic heterocycles. The first kappa shape index (κ1) is 22.6. The third kappa shape index (κ3) is 6.18. The number of nitrogens with zero attached hydrogens (tertiary/aromatic N) is 2. The molecule has 2 aromatic heterocycles. The fourth-order valence-electron chi connectivity index (χ4n) is 2.52. The van der Waals surface area contributed by atoms with Crippen LogP contribution in [-0.4, -0.2) is 21.0 Å². The zero-order valence-corrected chi connectivity index (χ0v) is 17.5. The number of carbonyl (C=O) groups excluding carboxylic acids is 1. The van der Waals surface area contributed by atoms with Crippen LogP contribution in [0.1, 0.15) is 34.6 Å². The highest BCUT2D eigenvalue weighted by molar-refractivity contribution is 7.80. The molecule has 12 heteroatoms. The Balaban J connectivity index is 1.59. The van der Waals surface area contributed by atoms with Crippen LogP contribution in [0.3, 0.4) is 0 Å². The van der Waals surface area contributed by atoms with Gasteiger partial charge in [0.05, 0.1) is 29.0 Å². The van der Waals surface area contributed by atoms with Crippen LogP contribution in [0.15, 0.2) is 47.4 Å². The number of benzene rings is 1. The number of carbonyl (C=O) groups is 1. The molecule has 0 spiro atoms. The smallest absolute Gasteiger partial charge is 0.356 e. The predicted molar refractivity (Wildman–Crippen MR) is 113 cm³/mol. The molecule has 6 nitrogen and oxygen atoms in total. The number of aromatic nitrogens is 2. The maximum Gasteiger partial charge on any atom is 0.416 e. The maximum atomic E-state index is 13.6. The van der Waals surface area contributed by atoms with E-state index in [1.54, 1.807) is 24.4 Å². The minimum Gasteiger partial charge on any atom is -0.356 e. The number of alkyl halides is 3. The van der Waals surface area contributed by atoms with E-state index in [0.717, 1.165) is 12.1 Å². The van der Waals surface area contributed by atoms with Gasteiger partial charge in [-0.05, 0) is 55.0 Å². The van der Waals surface area contributed by atoms with Crippen molar-refractivity contribution in [1.29, 1.82) is 0 Å². The van der Waals surface area contributed by atoms with Crippen molar-refractivity contribution in [2.24, 2.45) is 0 Å². The monoisotopic (exact) mass is 469 g/mol. The molecule has 3 rings (SSSR count). The fourth-order valence-corrected chi connectivity index (χ4v) is 3.35. The van der Waals surface area contributed by atoms with Gasteiger partial charge in [0, 0.05) is 5.38 Å². The number of pyridine rings is 1. The molecular formula is C19H15F4N5OS2. The standard InChI is InChI=1S/C19H15F4N5OS2/c1-10(11-4-12(19(21,22)23)6-13(20)5-11)26-18(30)27-14-2-3-16(24-7-14)28-17(29)15-8-31-9-25-15/h2-10H,1H3,(H,24,28,29)(H2,26,27,30). The molecule has 3 N–H and O–H groups in total. The van der Waals surface area contributed by atoms with Crippen molar-refractivity contribution in [1.82, 2.24) is 15.3 Å². The van der Waals surface area contributed by atoms with Crippen molar-refractivity contribution in [2.75, 3.05) is 10.6 Å². The van der Waals surface area contributed by atoms with Crippen molar-refractivity contribution in [2.45, 2.75) is 19.1 Å². The number of nitrogens with one attached hydrogen (secondary N) is 3. The molecule has 0 saturated carbocycles. The molecule has 3 aromatic rings. The lowest BCUT2D eigenvalue weighted by molar-refractivity contribution is -0.137. The van der Waals surface area contributed by atoms with Gasteiger partial charge in [-0.15, -0.1) is 11.3 Å². The average Bonchev–Trinajstić information content (AvgIpc) is 3.23. The molecule has 1 atom stereocenters. The van der Waals surface area contributed by atoms with E-state index in [1.165, 1.54) is 23.0 Å². The van der Waals surface area contributed by atoms with Crippen LogP contribution < -0.4 is 16.0 Å². The average molecular weight is 469 g/mol. The van der Waals surface area contributed by atoms with E-state index in [-0.39, 0.29) is 16.4 Å². The van der Waals surface area contributed by atoms with Crippen molar-refractivity contribution in [3.8, 4) is 0 Å². The van der Waals surface area contributed by atoms with E-state index in [0.29, 0.717) is 17.6 Å². The van der Waals surface area contributed by atoms with E-state index in [4.69, 9.17) is 12.2 Å². The minimum absolute atomic E-state index is 0.0923. The molecule has 0 aliphatic carbocycles. The van der Waals surface area contributed by atoms with E-state index in [2.05, 4.69) is 25.9 Å². The summed E-state index contributed by atoms with van der Waals surface area (Å²) < 4.78 is 52.3. The second kappa shape index (κ2) is 9.35. The van der Waals surface area contributed by atoms with Crippen LogP contribution >= 0.6 is 23.6 Å². The van der Waals surface area contributed by atoms with Gasteiger partial charge in [0.1, 0.15) is 17.3 Å². The van der Waals surface area contributed by atoms with E-state index >= 15 is 0 Å². The second-order valence-electron chi connectivity index (χ2n) is 6.35. The van der Waals surface area contributed by atoms with Gasteiger partial charge in [0.25, 0.3) is 5.91 Å². The van der Waals surface area contributed by atoms with Crippen LogP contribution in [0.5, 0.6) is 0 Å². The number of thiazole rings is 1. The molecule has 162 valence electrons. The van der Waals surface area contributed by atoms with Gasteiger partial charge in [-0.3, -0.25) is 4.79 Å². The first-order chi connectivity index (χ1) is 14.6. The zero-order chi connectivity index (χ0) is 22.6. The molecule has 0 radical (unpaired) electrons. The maximum absolute atomic E-state index is 13.6. The number of anilines is 2. The number of halogens is 4. The Morgan fingerprint density at radius 1 is 1.16 bits per heavy atom. The first-order valence-corrected chi connectivity index (χ1v) is 10.1. The van der Waals surface area contributed by atoms with Gasteiger partial charge in [0.2, 0.25) is 0 Å². The predicted octanol–water partition coefficient (Wildman–Crippen LogP) is 5.00. The molecule has 0 bridgehead atoms. The highest BCUT2D eigenvalue weighted by Crippen LogP contribution is 2.31. The van der Waals surface area contributed by atoms with Crippen molar-refractivity contribution < 1.29 is 22.4 Å². The molecule has 1 aromatic carbocycles. The lowest BCUT2D eigenvalue weighted by Crippen LogP contribution is -2.31. The lowest BCUT2D eigenvalue weighted by atomic mass is 10.0. The van der Waals surface area contributed by atoms with Gasteiger partial charge in [0.15, 0.2) is 5.11 Å². The quantitative estimate of drug-likeness (QED) is 0.361. The van der Waals surface area contributed by atoms with E-state index < -0.39 is 29.5 Å². The highest BCUT2D eigenvalue weighted by atomic mass is 32.1. The van der Waals surface area contributed by atoms with Gasteiger partial charge in [-0.2, -0.15) is 13.2 Å².